The minimum absolute atomic E-state index is 0.327. The van der Waals surface area contributed by atoms with E-state index in [1.54, 1.807) is 18.3 Å². The van der Waals surface area contributed by atoms with Gasteiger partial charge < -0.3 is 4.74 Å². The number of thiophene rings is 1. The summed E-state index contributed by atoms with van der Waals surface area (Å²) in [6.45, 7) is 8.26. The number of carbonyl (C=O) groups is 1. The number of nitriles is 1. The zero-order chi connectivity index (χ0) is 18.8. The molecule has 0 N–H and O–H groups in total. The minimum Gasteiger partial charge on any atom is -0.462 e. The first kappa shape index (κ1) is 18.6. The van der Waals surface area contributed by atoms with Crippen molar-refractivity contribution in [2.45, 2.75) is 34.1 Å². The van der Waals surface area contributed by atoms with Crippen LogP contribution < -0.4 is 0 Å². The SMILES string of the molecule is CCOC(=O)c1sc(-c2cc3ccc(CC(C)C)c(C#N)c3s2)nc1C. The summed E-state index contributed by atoms with van der Waals surface area (Å²) in [5.74, 6) is 0.166. The molecule has 0 unspecified atom stereocenters. The third kappa shape index (κ3) is 3.50. The Morgan fingerprint density at radius 3 is 2.77 bits per heavy atom. The lowest BCUT2D eigenvalue weighted by atomic mass is 9.97. The van der Waals surface area contributed by atoms with Gasteiger partial charge in [-0.25, -0.2) is 9.78 Å². The van der Waals surface area contributed by atoms with Gasteiger partial charge in [0, 0.05) is 0 Å². The van der Waals surface area contributed by atoms with Gasteiger partial charge in [0.1, 0.15) is 16.0 Å². The van der Waals surface area contributed by atoms with E-state index < -0.39 is 0 Å². The summed E-state index contributed by atoms with van der Waals surface area (Å²) < 4.78 is 6.09. The zero-order valence-electron chi connectivity index (χ0n) is 15.3. The Bertz CT molecular complexity index is 1010. The highest BCUT2D eigenvalue weighted by atomic mass is 32.1. The molecule has 134 valence electrons. The van der Waals surface area contributed by atoms with Crippen LogP contribution in [0.5, 0.6) is 0 Å². The van der Waals surface area contributed by atoms with Crippen LogP contribution in [0.1, 0.15) is 47.3 Å². The van der Waals surface area contributed by atoms with Gasteiger partial charge in [0.25, 0.3) is 0 Å². The van der Waals surface area contributed by atoms with Gasteiger partial charge in [0.15, 0.2) is 0 Å². The normalized spacial score (nSPS) is 11.1. The molecule has 0 bridgehead atoms. The Hall–Kier alpha value is -2.23. The average molecular weight is 385 g/mol. The molecule has 3 aromatic rings. The van der Waals surface area contributed by atoms with E-state index in [9.17, 15) is 10.1 Å². The van der Waals surface area contributed by atoms with Crippen molar-refractivity contribution in [2.24, 2.45) is 5.92 Å². The number of ether oxygens (including phenoxy) is 1. The third-order valence-electron chi connectivity index (χ3n) is 3.98. The van der Waals surface area contributed by atoms with Gasteiger partial charge in [-0.3, -0.25) is 0 Å². The minimum atomic E-state index is -0.327. The van der Waals surface area contributed by atoms with Crippen LogP contribution in [0.2, 0.25) is 0 Å². The third-order valence-corrected chi connectivity index (χ3v) is 6.46. The molecule has 3 rings (SSSR count). The van der Waals surface area contributed by atoms with E-state index in [1.165, 1.54) is 11.3 Å². The van der Waals surface area contributed by atoms with Crippen molar-refractivity contribution in [1.82, 2.24) is 4.98 Å². The highest BCUT2D eigenvalue weighted by molar-refractivity contribution is 7.26. The molecule has 0 fully saturated rings. The number of rotatable bonds is 5. The van der Waals surface area contributed by atoms with Crippen LogP contribution in [0.15, 0.2) is 18.2 Å². The molecule has 2 aromatic heterocycles. The standard InChI is InChI=1S/C20H20N2O2S2/c1-5-24-20(23)17-12(4)22-19(26-17)16-9-14-7-6-13(8-11(2)3)15(10-21)18(14)25-16/h6-7,9,11H,5,8H2,1-4H3. The number of aryl methyl sites for hydroxylation is 1. The zero-order valence-corrected chi connectivity index (χ0v) is 16.9. The van der Waals surface area contributed by atoms with Crippen LogP contribution in [-0.4, -0.2) is 17.6 Å². The summed E-state index contributed by atoms with van der Waals surface area (Å²) >= 11 is 2.91. The molecule has 0 atom stereocenters. The second kappa shape index (κ2) is 7.56. The van der Waals surface area contributed by atoms with E-state index in [-0.39, 0.29) is 5.97 Å². The van der Waals surface area contributed by atoms with Crippen LogP contribution in [0.3, 0.4) is 0 Å². The molecule has 6 heteroatoms. The van der Waals surface area contributed by atoms with Crippen molar-refractivity contribution < 1.29 is 9.53 Å². The maximum Gasteiger partial charge on any atom is 0.350 e. The summed E-state index contributed by atoms with van der Waals surface area (Å²) in [6.07, 6.45) is 0.884. The quantitative estimate of drug-likeness (QED) is 0.539. The number of aromatic nitrogens is 1. The molecule has 0 saturated heterocycles. The number of esters is 1. The fourth-order valence-electron chi connectivity index (χ4n) is 2.87. The van der Waals surface area contributed by atoms with Gasteiger partial charge in [-0.05, 0) is 43.2 Å². The van der Waals surface area contributed by atoms with Crippen molar-refractivity contribution in [3.8, 4) is 16.0 Å². The summed E-state index contributed by atoms with van der Waals surface area (Å²) in [5, 5.41) is 11.5. The smallest absolute Gasteiger partial charge is 0.350 e. The Morgan fingerprint density at radius 1 is 1.35 bits per heavy atom. The Morgan fingerprint density at radius 2 is 2.12 bits per heavy atom. The number of nitrogens with zero attached hydrogens (tertiary/aromatic N) is 2. The molecule has 0 aliphatic rings. The fourth-order valence-corrected chi connectivity index (χ4v) is 5.05. The molecule has 1 aromatic carbocycles. The van der Waals surface area contributed by atoms with Gasteiger partial charge in [0.05, 0.1) is 27.4 Å². The van der Waals surface area contributed by atoms with E-state index in [4.69, 9.17) is 4.74 Å². The van der Waals surface area contributed by atoms with Crippen molar-refractivity contribution in [3.63, 3.8) is 0 Å². The molecule has 0 spiro atoms. The predicted octanol–water partition coefficient (Wildman–Crippen LogP) is 5.58. The van der Waals surface area contributed by atoms with Crippen LogP contribution in [0, 0.1) is 24.2 Å². The summed E-state index contributed by atoms with van der Waals surface area (Å²) in [7, 11) is 0. The van der Waals surface area contributed by atoms with E-state index in [0.717, 1.165) is 37.5 Å². The summed E-state index contributed by atoms with van der Waals surface area (Å²) in [4.78, 5) is 18.1. The lowest BCUT2D eigenvalue weighted by molar-refractivity contribution is 0.0531. The van der Waals surface area contributed by atoms with Crippen LogP contribution >= 0.6 is 22.7 Å². The molecule has 0 saturated carbocycles. The Labute approximate surface area is 161 Å². The van der Waals surface area contributed by atoms with Crippen molar-refractivity contribution in [1.29, 1.82) is 5.26 Å². The molecule has 26 heavy (non-hydrogen) atoms. The highest BCUT2D eigenvalue weighted by Gasteiger charge is 2.19. The number of fused-ring (bicyclic) bond motifs is 1. The van der Waals surface area contributed by atoms with Crippen molar-refractivity contribution in [3.05, 3.63) is 39.9 Å². The number of hydrogen-bond donors (Lipinski definition) is 0. The molecule has 0 aliphatic heterocycles. The van der Waals surface area contributed by atoms with Gasteiger partial charge >= 0.3 is 5.97 Å². The van der Waals surface area contributed by atoms with E-state index >= 15 is 0 Å². The molecule has 0 radical (unpaired) electrons. The first-order chi connectivity index (χ1) is 12.4. The van der Waals surface area contributed by atoms with Crippen molar-refractivity contribution in [2.75, 3.05) is 6.61 Å². The Kier molecular flexibility index (Phi) is 5.40. The number of thiazole rings is 1. The van der Waals surface area contributed by atoms with Crippen LogP contribution in [0.4, 0.5) is 0 Å². The van der Waals surface area contributed by atoms with E-state index in [0.29, 0.717) is 23.1 Å². The van der Waals surface area contributed by atoms with Crippen LogP contribution in [-0.2, 0) is 11.2 Å². The molecule has 0 amide bonds. The topological polar surface area (TPSA) is 63.0 Å². The van der Waals surface area contributed by atoms with Gasteiger partial charge in [0.2, 0.25) is 0 Å². The maximum absolute atomic E-state index is 12.0. The number of carbonyl (C=O) groups excluding carboxylic acids is 1. The largest absolute Gasteiger partial charge is 0.462 e. The average Bonchev–Trinajstić information content (AvgIpc) is 3.18. The first-order valence-electron chi connectivity index (χ1n) is 8.55. The number of benzene rings is 1. The molecule has 0 aliphatic carbocycles. The Balaban J connectivity index is 2.06. The van der Waals surface area contributed by atoms with E-state index in [1.807, 2.05) is 13.0 Å². The first-order valence-corrected chi connectivity index (χ1v) is 10.2. The van der Waals surface area contributed by atoms with Gasteiger partial charge in [-0.1, -0.05) is 26.0 Å². The van der Waals surface area contributed by atoms with Crippen LogP contribution in [0.25, 0.3) is 20.0 Å². The van der Waals surface area contributed by atoms with Gasteiger partial charge in [-0.15, -0.1) is 22.7 Å². The fraction of sp³-hybridized carbons (Fsp3) is 0.350. The highest BCUT2D eigenvalue weighted by Crippen LogP contribution is 2.39. The van der Waals surface area contributed by atoms with Crippen molar-refractivity contribution >= 4 is 38.7 Å². The maximum atomic E-state index is 12.0. The molecule has 2 heterocycles. The lowest BCUT2D eigenvalue weighted by Gasteiger charge is -2.07. The molecular weight excluding hydrogens is 364 g/mol. The monoisotopic (exact) mass is 384 g/mol. The summed E-state index contributed by atoms with van der Waals surface area (Å²) in [6, 6.07) is 8.55. The molecule has 4 nitrogen and oxygen atoms in total. The van der Waals surface area contributed by atoms with Gasteiger partial charge in [-0.2, -0.15) is 5.26 Å². The predicted molar refractivity (Wildman–Crippen MR) is 107 cm³/mol. The number of hydrogen-bond acceptors (Lipinski definition) is 6. The second-order valence-corrected chi connectivity index (χ2v) is 8.54. The lowest BCUT2D eigenvalue weighted by Crippen LogP contribution is -2.03. The summed E-state index contributed by atoms with van der Waals surface area (Å²) in [5.41, 5.74) is 2.53. The molecular formula is C20H20N2O2S2. The second-order valence-electron chi connectivity index (χ2n) is 6.49. The van der Waals surface area contributed by atoms with E-state index in [2.05, 4.69) is 37.0 Å².